The fraction of sp³-hybridized carbons (Fsp3) is 0.375. The summed E-state index contributed by atoms with van der Waals surface area (Å²) in [6.07, 6.45) is -8.27. The topological polar surface area (TPSA) is 48.1 Å². The van der Waals surface area contributed by atoms with Gasteiger partial charge in [-0.05, 0) is 6.07 Å². The average Bonchev–Trinajstić information content (AvgIpc) is 2.18. The fourth-order valence-electron chi connectivity index (χ4n) is 1.06. The van der Waals surface area contributed by atoms with Gasteiger partial charge in [0.25, 0.3) is 12.4 Å². The summed E-state index contributed by atoms with van der Waals surface area (Å²) in [6.45, 7) is -0.593. The molecule has 17 heavy (non-hydrogen) atoms. The van der Waals surface area contributed by atoms with E-state index in [1.165, 1.54) is 0 Å². The Kier molecular flexibility index (Phi) is 3.81. The molecular weight excluding hydrogens is 254 g/mol. The summed E-state index contributed by atoms with van der Waals surface area (Å²) in [7, 11) is 0. The zero-order valence-electron chi connectivity index (χ0n) is 8.06. The lowest BCUT2D eigenvalue weighted by Crippen LogP contribution is -2.20. The minimum Gasteiger partial charge on any atom is -0.401 e. The summed E-state index contributed by atoms with van der Waals surface area (Å²) in [6, 6.07) is 0.564. The van der Waals surface area contributed by atoms with Gasteiger partial charge in [-0.25, -0.2) is 13.8 Å². The van der Waals surface area contributed by atoms with Crippen LogP contribution in [0.2, 0.25) is 0 Å². The van der Waals surface area contributed by atoms with Gasteiger partial charge in [-0.15, -0.1) is 13.2 Å². The smallest absolute Gasteiger partial charge is 0.401 e. The normalized spacial score (nSPS) is 12.0. The summed E-state index contributed by atoms with van der Waals surface area (Å²) in [5, 5.41) is 0. The van der Waals surface area contributed by atoms with Crippen LogP contribution < -0.4 is 10.5 Å². The zero-order chi connectivity index (χ0) is 13.2. The number of ether oxygens (including phenoxy) is 1. The van der Waals surface area contributed by atoms with Crippen LogP contribution in [0.3, 0.4) is 0 Å². The Labute approximate surface area is 91.2 Å². The number of aromatic nitrogens is 1. The van der Waals surface area contributed by atoms with Gasteiger partial charge in [-0.3, -0.25) is 0 Å². The number of pyridine rings is 1. The van der Waals surface area contributed by atoms with Crippen molar-refractivity contribution in [3.63, 3.8) is 0 Å². The van der Waals surface area contributed by atoms with Gasteiger partial charge < -0.3 is 10.5 Å². The number of alkyl halides is 5. The molecule has 0 bridgehead atoms. The number of nitrogens with two attached hydrogens (primary N) is 1. The molecule has 1 rings (SSSR count). The van der Waals surface area contributed by atoms with Crippen LogP contribution in [0.25, 0.3) is 0 Å². The number of hydrogen-bond donors (Lipinski definition) is 1. The van der Waals surface area contributed by atoms with E-state index in [9.17, 15) is 26.3 Å². The first kappa shape index (κ1) is 13.6. The van der Waals surface area contributed by atoms with E-state index in [-0.39, 0.29) is 0 Å². The van der Waals surface area contributed by atoms with E-state index >= 15 is 0 Å². The molecule has 96 valence electrons. The predicted molar refractivity (Wildman–Crippen MR) is 43.7 cm³/mol. The van der Waals surface area contributed by atoms with Crippen LogP contribution in [0.5, 0.6) is 5.75 Å². The second-order valence-corrected chi connectivity index (χ2v) is 2.88. The summed E-state index contributed by atoms with van der Waals surface area (Å²) < 4.78 is 76.5. The minimum absolute atomic E-state index is 0.537. The zero-order valence-corrected chi connectivity index (χ0v) is 8.06. The Balaban J connectivity index is 3.21. The lowest BCUT2D eigenvalue weighted by atomic mass is 10.2. The quantitative estimate of drug-likeness (QED) is 0.671. The summed E-state index contributed by atoms with van der Waals surface area (Å²) >= 11 is 0. The maximum atomic E-state index is 13.1. The van der Waals surface area contributed by atoms with Crippen molar-refractivity contribution in [1.29, 1.82) is 0 Å². The fourth-order valence-corrected chi connectivity index (χ4v) is 1.06. The van der Waals surface area contributed by atoms with E-state index in [1.54, 1.807) is 0 Å². The molecule has 1 aromatic rings. The van der Waals surface area contributed by atoms with Crippen LogP contribution in [0.1, 0.15) is 17.7 Å². The molecule has 0 unspecified atom stereocenters. The molecule has 1 heterocycles. The third-order valence-corrected chi connectivity index (χ3v) is 1.69. The van der Waals surface area contributed by atoms with E-state index in [0.717, 1.165) is 0 Å². The third kappa shape index (κ3) is 3.48. The van der Waals surface area contributed by atoms with E-state index in [2.05, 4.69) is 9.72 Å². The maximum absolute atomic E-state index is 13.1. The van der Waals surface area contributed by atoms with Gasteiger partial charge in [0, 0.05) is 12.1 Å². The molecule has 2 N–H and O–H groups in total. The lowest BCUT2D eigenvalue weighted by Gasteiger charge is -2.13. The average molecular weight is 260 g/mol. The molecule has 1 aromatic heterocycles. The van der Waals surface area contributed by atoms with E-state index in [1.807, 2.05) is 0 Å². The van der Waals surface area contributed by atoms with Crippen LogP contribution >= 0.6 is 0 Å². The molecule has 0 atom stereocenters. The second kappa shape index (κ2) is 4.78. The van der Waals surface area contributed by atoms with Crippen LogP contribution in [0, 0.1) is 5.95 Å². The predicted octanol–water partition coefficient (Wildman–Crippen LogP) is 2.52. The molecule has 0 aliphatic carbocycles. The van der Waals surface area contributed by atoms with Crippen molar-refractivity contribution in [2.75, 3.05) is 0 Å². The van der Waals surface area contributed by atoms with Crippen LogP contribution in [-0.2, 0) is 6.54 Å². The molecule has 0 radical (unpaired) electrons. The van der Waals surface area contributed by atoms with Gasteiger partial charge in [0.2, 0.25) is 0 Å². The van der Waals surface area contributed by atoms with Crippen molar-refractivity contribution in [2.45, 2.75) is 19.3 Å². The van der Waals surface area contributed by atoms with Gasteiger partial charge in [-0.1, -0.05) is 0 Å². The van der Waals surface area contributed by atoms with Crippen molar-refractivity contribution < 1.29 is 31.1 Å². The van der Waals surface area contributed by atoms with Crippen molar-refractivity contribution in [3.05, 3.63) is 23.3 Å². The highest BCUT2D eigenvalue weighted by Gasteiger charge is 2.34. The summed E-state index contributed by atoms with van der Waals surface area (Å²) in [5.41, 5.74) is 3.48. The molecule has 3 nitrogen and oxygen atoms in total. The second-order valence-electron chi connectivity index (χ2n) is 2.88. The monoisotopic (exact) mass is 260 g/mol. The van der Waals surface area contributed by atoms with Gasteiger partial charge in [0.05, 0.1) is 0 Å². The summed E-state index contributed by atoms with van der Waals surface area (Å²) in [5.74, 6) is -3.06. The van der Waals surface area contributed by atoms with Crippen molar-refractivity contribution in [1.82, 2.24) is 4.98 Å². The van der Waals surface area contributed by atoms with Crippen molar-refractivity contribution in [3.8, 4) is 5.75 Å². The minimum atomic E-state index is -5.15. The Morgan fingerprint density at radius 3 is 2.35 bits per heavy atom. The van der Waals surface area contributed by atoms with Crippen LogP contribution in [0.15, 0.2) is 6.07 Å². The summed E-state index contributed by atoms with van der Waals surface area (Å²) in [4.78, 5) is 2.67. The van der Waals surface area contributed by atoms with E-state index in [0.29, 0.717) is 6.07 Å². The van der Waals surface area contributed by atoms with Gasteiger partial charge in [0.15, 0.2) is 5.75 Å². The Hall–Kier alpha value is -1.51. The number of nitrogens with zero attached hydrogens (tertiary/aromatic N) is 1. The Morgan fingerprint density at radius 2 is 1.94 bits per heavy atom. The molecule has 0 saturated carbocycles. The van der Waals surface area contributed by atoms with Crippen molar-refractivity contribution in [2.24, 2.45) is 5.73 Å². The van der Waals surface area contributed by atoms with Crippen LogP contribution in [-0.4, -0.2) is 11.3 Å². The molecule has 0 aliphatic heterocycles. The van der Waals surface area contributed by atoms with Crippen molar-refractivity contribution >= 4 is 0 Å². The lowest BCUT2D eigenvalue weighted by molar-refractivity contribution is -0.276. The molecule has 9 heteroatoms. The molecular formula is C8H6F6N2O. The van der Waals surface area contributed by atoms with E-state index in [4.69, 9.17) is 5.73 Å². The third-order valence-electron chi connectivity index (χ3n) is 1.69. The Morgan fingerprint density at radius 1 is 1.35 bits per heavy atom. The molecule has 0 aliphatic rings. The molecule has 0 saturated heterocycles. The molecule has 0 fully saturated rings. The highest BCUT2D eigenvalue weighted by Crippen LogP contribution is 2.30. The van der Waals surface area contributed by atoms with Gasteiger partial charge in [0.1, 0.15) is 5.69 Å². The van der Waals surface area contributed by atoms with Crippen LogP contribution in [0.4, 0.5) is 26.3 Å². The Bertz CT molecular complexity index is 406. The standard InChI is InChI=1S/C8H6F6N2O/c9-6(10)4-1-3(2-15)5(7(11)16-4)17-8(12,13)14/h1,6H,2,15H2. The SMILES string of the molecule is NCc1cc(C(F)F)nc(F)c1OC(F)(F)F. The van der Waals surface area contributed by atoms with Gasteiger partial charge in [-0.2, -0.15) is 4.39 Å². The number of hydrogen-bond acceptors (Lipinski definition) is 3. The number of rotatable bonds is 3. The molecule has 0 spiro atoms. The highest BCUT2D eigenvalue weighted by atomic mass is 19.4. The highest BCUT2D eigenvalue weighted by molar-refractivity contribution is 5.34. The number of halogens is 6. The first-order valence-electron chi connectivity index (χ1n) is 4.18. The first-order chi connectivity index (χ1) is 7.74. The van der Waals surface area contributed by atoms with Gasteiger partial charge >= 0.3 is 6.36 Å². The molecule has 0 aromatic carbocycles. The first-order valence-corrected chi connectivity index (χ1v) is 4.18. The molecule has 0 amide bonds. The largest absolute Gasteiger partial charge is 0.573 e. The van der Waals surface area contributed by atoms with E-state index < -0.39 is 42.3 Å². The maximum Gasteiger partial charge on any atom is 0.573 e.